The largest absolute Gasteiger partial charge is 0.393 e. The summed E-state index contributed by atoms with van der Waals surface area (Å²) in [5.74, 6) is 5.05. The van der Waals surface area contributed by atoms with E-state index < -0.39 is 0 Å². The van der Waals surface area contributed by atoms with Crippen LogP contribution >= 0.6 is 0 Å². The van der Waals surface area contributed by atoms with Gasteiger partial charge in [0.15, 0.2) is 0 Å². The normalized spacial score (nSPS) is 36.6. The summed E-state index contributed by atoms with van der Waals surface area (Å²) in [6.07, 6.45) is 14.1. The van der Waals surface area contributed by atoms with Gasteiger partial charge in [-0.25, -0.2) is 0 Å². The van der Waals surface area contributed by atoms with Crippen molar-refractivity contribution in [3.05, 3.63) is 11.1 Å². The van der Waals surface area contributed by atoms with Crippen LogP contribution in [0.15, 0.2) is 11.1 Å². The lowest BCUT2D eigenvalue weighted by Crippen LogP contribution is -2.52. The molecular weight excluding hydrogens is 494 g/mol. The van der Waals surface area contributed by atoms with E-state index in [1.165, 1.54) is 57.8 Å². The minimum absolute atomic E-state index is 0.161. The molecule has 8 atom stereocenters. The second-order valence-electron chi connectivity index (χ2n) is 15.2. The number of ether oxygens (including phenoxy) is 2. The Morgan fingerprint density at radius 2 is 1.57 bits per heavy atom. The summed E-state index contributed by atoms with van der Waals surface area (Å²) in [6.45, 7) is 22.9. The van der Waals surface area contributed by atoms with Crippen LogP contribution in [0, 0.1) is 46.3 Å². The van der Waals surface area contributed by atoms with Crippen molar-refractivity contribution in [3.63, 3.8) is 0 Å². The second kappa shape index (κ2) is 14.4. The van der Waals surface area contributed by atoms with Crippen LogP contribution in [-0.4, -0.2) is 62.2 Å². The van der Waals surface area contributed by atoms with Crippen molar-refractivity contribution >= 4 is 0 Å². The number of aliphatic hydroxyl groups is 1. The van der Waals surface area contributed by atoms with Crippen molar-refractivity contribution < 1.29 is 14.6 Å². The summed E-state index contributed by atoms with van der Waals surface area (Å²) in [5.41, 5.74) is 4.10. The summed E-state index contributed by atoms with van der Waals surface area (Å²) in [5, 5.41) is 10.9. The summed E-state index contributed by atoms with van der Waals surface area (Å²) in [7, 11) is 0. The van der Waals surface area contributed by atoms with Gasteiger partial charge < -0.3 is 14.6 Å². The van der Waals surface area contributed by atoms with Crippen LogP contribution in [0.1, 0.15) is 119 Å². The van der Waals surface area contributed by atoms with Crippen LogP contribution in [0.5, 0.6) is 0 Å². The monoisotopic (exact) mass is 559 g/mol. The maximum atomic E-state index is 10.9. The first-order valence-corrected chi connectivity index (χ1v) is 17.4. The molecule has 0 bridgehead atoms. The predicted octanol–water partition coefficient (Wildman–Crippen LogP) is 8.13. The molecule has 232 valence electrons. The highest BCUT2D eigenvalue weighted by molar-refractivity contribution is 5.32. The van der Waals surface area contributed by atoms with Gasteiger partial charge in [-0.2, -0.15) is 0 Å². The van der Waals surface area contributed by atoms with Gasteiger partial charge in [-0.3, -0.25) is 4.90 Å². The van der Waals surface area contributed by atoms with Crippen molar-refractivity contribution in [2.75, 3.05) is 46.1 Å². The van der Waals surface area contributed by atoms with E-state index in [0.717, 1.165) is 94.4 Å². The van der Waals surface area contributed by atoms with Gasteiger partial charge in [-0.05, 0) is 112 Å². The first kappa shape index (κ1) is 32.5. The average molecular weight is 560 g/mol. The number of hydrogen-bond acceptors (Lipinski definition) is 4. The lowest BCUT2D eigenvalue weighted by molar-refractivity contribution is -0.0608. The van der Waals surface area contributed by atoms with Crippen LogP contribution in [0.4, 0.5) is 0 Å². The van der Waals surface area contributed by atoms with Crippen molar-refractivity contribution in [1.29, 1.82) is 0 Å². The molecule has 4 aliphatic carbocycles. The molecule has 1 N–H and O–H groups in total. The van der Waals surface area contributed by atoms with Crippen molar-refractivity contribution in [2.24, 2.45) is 46.3 Å². The van der Waals surface area contributed by atoms with E-state index in [-0.39, 0.29) is 11.5 Å². The second-order valence-corrected chi connectivity index (χ2v) is 15.2. The SMILES string of the molecule is CCOCCN(CCOCC)CC1=C2C[C@@H](O)CC[C@]2(C)[C@H]2CC[C@]3(C)[C@@H]([C@H](C)CCCC(C)C)CC[C@H]3[C@@H]2C1. The van der Waals surface area contributed by atoms with Gasteiger partial charge in [0.05, 0.1) is 19.3 Å². The third-order valence-corrected chi connectivity index (χ3v) is 12.4. The molecule has 4 aliphatic rings. The molecule has 4 rings (SSSR count). The van der Waals surface area contributed by atoms with Crippen molar-refractivity contribution in [3.8, 4) is 0 Å². The molecule has 0 amide bonds. The van der Waals surface area contributed by atoms with Crippen molar-refractivity contribution in [1.82, 2.24) is 4.90 Å². The molecule has 3 saturated carbocycles. The van der Waals surface area contributed by atoms with Crippen LogP contribution in [0.2, 0.25) is 0 Å². The van der Waals surface area contributed by atoms with Crippen LogP contribution in [0.25, 0.3) is 0 Å². The molecule has 0 unspecified atom stereocenters. The summed E-state index contributed by atoms with van der Waals surface area (Å²) in [4.78, 5) is 2.59. The van der Waals surface area contributed by atoms with Crippen molar-refractivity contribution in [2.45, 2.75) is 125 Å². The fraction of sp³-hybridized carbons (Fsp3) is 0.944. The van der Waals surface area contributed by atoms with Crippen LogP contribution in [-0.2, 0) is 9.47 Å². The lowest BCUT2D eigenvalue weighted by Gasteiger charge is -2.59. The molecule has 0 aromatic heterocycles. The standard InChI is InChI=1S/C36H65NO3/c1-8-39-21-19-37(20-22-40-9-2)25-28-23-30-32-14-13-31(27(5)12-10-11-26(3)4)35(32,6)18-16-33(30)36(7)17-15-29(38)24-34(28)36/h26-27,29-33,38H,8-25H2,1-7H3/t27-,29+,30+,31-,32+,33+,35-,36-/m1/s1. The Hall–Kier alpha value is -0.420. The topological polar surface area (TPSA) is 41.9 Å². The Morgan fingerprint density at radius 1 is 0.875 bits per heavy atom. The van der Waals surface area contributed by atoms with Gasteiger partial charge in [-0.15, -0.1) is 0 Å². The minimum atomic E-state index is -0.161. The Labute approximate surface area is 248 Å². The molecule has 0 spiro atoms. The first-order valence-electron chi connectivity index (χ1n) is 17.4. The molecule has 3 fully saturated rings. The van der Waals surface area contributed by atoms with E-state index in [9.17, 15) is 5.11 Å². The van der Waals surface area contributed by atoms with Gasteiger partial charge >= 0.3 is 0 Å². The Morgan fingerprint density at radius 3 is 2.23 bits per heavy atom. The molecule has 0 radical (unpaired) electrons. The number of fused-ring (bicyclic) bond motifs is 5. The molecule has 0 aliphatic heterocycles. The third-order valence-electron chi connectivity index (χ3n) is 12.4. The first-order chi connectivity index (χ1) is 19.1. The number of rotatable bonds is 15. The molecule has 4 heteroatoms. The number of aliphatic hydroxyl groups excluding tert-OH is 1. The van der Waals surface area contributed by atoms with E-state index in [1.54, 1.807) is 11.1 Å². The highest BCUT2D eigenvalue weighted by Crippen LogP contribution is 2.68. The number of nitrogens with zero attached hydrogens (tertiary/aromatic N) is 1. The molecule has 4 nitrogen and oxygen atoms in total. The Bertz CT molecular complexity index is 815. The Balaban J connectivity index is 1.57. The summed E-state index contributed by atoms with van der Waals surface area (Å²) < 4.78 is 11.6. The van der Waals surface area contributed by atoms with Crippen LogP contribution in [0.3, 0.4) is 0 Å². The van der Waals surface area contributed by atoms with Crippen LogP contribution < -0.4 is 0 Å². The highest BCUT2D eigenvalue weighted by atomic mass is 16.5. The van der Waals surface area contributed by atoms with Gasteiger partial charge in [0.25, 0.3) is 0 Å². The average Bonchev–Trinajstić information content (AvgIpc) is 3.27. The third kappa shape index (κ3) is 7.03. The maximum Gasteiger partial charge on any atom is 0.0593 e. The molecule has 40 heavy (non-hydrogen) atoms. The van der Waals surface area contributed by atoms with E-state index in [0.29, 0.717) is 5.41 Å². The van der Waals surface area contributed by atoms with Gasteiger partial charge in [0.1, 0.15) is 0 Å². The van der Waals surface area contributed by atoms with Gasteiger partial charge in [-0.1, -0.05) is 65.0 Å². The van der Waals surface area contributed by atoms with E-state index in [2.05, 4.69) is 53.4 Å². The number of hydrogen-bond donors (Lipinski definition) is 1. The lowest BCUT2D eigenvalue weighted by atomic mass is 9.46. The highest BCUT2D eigenvalue weighted by Gasteiger charge is 2.60. The fourth-order valence-corrected chi connectivity index (χ4v) is 10.3. The molecule has 0 aromatic rings. The molecule has 0 saturated heterocycles. The predicted molar refractivity (Wildman–Crippen MR) is 167 cm³/mol. The maximum absolute atomic E-state index is 10.9. The molecule has 0 aromatic carbocycles. The van der Waals surface area contributed by atoms with Gasteiger partial charge in [0, 0.05) is 32.8 Å². The van der Waals surface area contributed by atoms with E-state index in [1.807, 2.05) is 0 Å². The smallest absolute Gasteiger partial charge is 0.0593 e. The summed E-state index contributed by atoms with van der Waals surface area (Å²) in [6, 6.07) is 0. The minimum Gasteiger partial charge on any atom is -0.393 e. The molecular formula is C36H65NO3. The van der Waals surface area contributed by atoms with E-state index >= 15 is 0 Å². The zero-order valence-electron chi connectivity index (χ0n) is 27.5. The summed E-state index contributed by atoms with van der Waals surface area (Å²) >= 11 is 0. The van der Waals surface area contributed by atoms with Gasteiger partial charge in [0.2, 0.25) is 0 Å². The Kier molecular flexibility index (Phi) is 11.7. The fourth-order valence-electron chi connectivity index (χ4n) is 10.3. The van der Waals surface area contributed by atoms with E-state index in [4.69, 9.17) is 9.47 Å². The zero-order valence-corrected chi connectivity index (χ0v) is 27.5. The quantitative estimate of drug-likeness (QED) is 0.162. The zero-order chi connectivity index (χ0) is 28.9. The molecule has 0 heterocycles.